The number of aliphatic hydroxyl groups excluding tert-OH is 1. The van der Waals surface area contributed by atoms with Gasteiger partial charge in [-0.05, 0) is 58.2 Å². The molecule has 0 unspecified atom stereocenters. The van der Waals surface area contributed by atoms with Crippen LogP contribution in [0, 0.1) is 8.99 Å². The number of nitrogens with zero attached hydrogens (tertiary/aromatic N) is 2. The van der Waals surface area contributed by atoms with Crippen molar-refractivity contribution < 1.29 is 38.5 Å². The molecule has 2 aromatic carbocycles. The summed E-state index contributed by atoms with van der Waals surface area (Å²) in [5.74, 6) is -2.06. The van der Waals surface area contributed by atoms with Crippen molar-refractivity contribution in [2.45, 2.75) is 80.9 Å². The molecule has 2 N–H and O–H groups in total. The molecule has 6 aliphatic rings. The molecule has 8 rings (SSSR count). The minimum Gasteiger partial charge on any atom is -0.458 e. The maximum absolute atomic E-state index is 15.0. The number of rotatable bonds is 6. The fraction of sp³-hybridized carbons (Fsp3) is 0.531. The number of esters is 1. The number of carbonyl (C=O) groups excluding carboxylic acids is 3. The fourth-order valence-electron chi connectivity index (χ4n) is 8.38. The minimum atomic E-state index is -1.33. The Morgan fingerprint density at radius 3 is 2.52 bits per heavy atom. The van der Waals surface area contributed by atoms with Crippen LogP contribution in [-0.4, -0.2) is 94.8 Å². The van der Waals surface area contributed by atoms with Gasteiger partial charge in [0.15, 0.2) is 11.8 Å². The zero-order chi connectivity index (χ0) is 30.2. The number of hydrogen-bond donors (Lipinski definition) is 2. The number of aliphatic hydroxyl groups is 1. The Labute approximate surface area is 268 Å². The summed E-state index contributed by atoms with van der Waals surface area (Å²) in [5.41, 5.74) is 1.92. The van der Waals surface area contributed by atoms with Crippen LogP contribution in [0.3, 0.4) is 0 Å². The normalized spacial score (nSPS) is 34.6. The molecule has 11 nitrogen and oxygen atoms in total. The van der Waals surface area contributed by atoms with E-state index in [4.69, 9.17) is 19.0 Å². The van der Waals surface area contributed by atoms with Crippen molar-refractivity contribution in [2.24, 2.45) is 5.41 Å². The zero-order valence-electron chi connectivity index (χ0n) is 24.0. The van der Waals surface area contributed by atoms with E-state index in [-0.39, 0.29) is 37.9 Å². The number of fused-ring (bicyclic) bond motifs is 5. The van der Waals surface area contributed by atoms with Gasteiger partial charge in [-0.3, -0.25) is 19.2 Å². The van der Waals surface area contributed by atoms with E-state index in [0.29, 0.717) is 32.2 Å². The second kappa shape index (κ2) is 10.7. The van der Waals surface area contributed by atoms with E-state index >= 15 is 0 Å². The van der Waals surface area contributed by atoms with Crippen molar-refractivity contribution in [3.63, 3.8) is 0 Å². The van der Waals surface area contributed by atoms with Gasteiger partial charge in [-0.1, -0.05) is 42.5 Å². The first-order chi connectivity index (χ1) is 21.3. The third-order valence-electron chi connectivity index (χ3n) is 10.2. The van der Waals surface area contributed by atoms with Crippen LogP contribution in [0.1, 0.15) is 36.0 Å². The van der Waals surface area contributed by atoms with E-state index < -0.39 is 53.7 Å². The second-order valence-electron chi connectivity index (χ2n) is 12.7. The van der Waals surface area contributed by atoms with E-state index in [9.17, 15) is 19.5 Å². The zero-order valence-corrected chi connectivity index (χ0v) is 26.2. The highest BCUT2D eigenvalue weighted by Gasteiger charge is 2.77. The van der Waals surface area contributed by atoms with Crippen LogP contribution in [0.4, 0.5) is 0 Å². The number of carbonyl (C=O) groups is 3. The van der Waals surface area contributed by atoms with Crippen LogP contribution < -0.4 is 5.32 Å². The fourth-order valence-corrected chi connectivity index (χ4v) is 8.94. The van der Waals surface area contributed by atoms with Crippen molar-refractivity contribution >= 4 is 40.4 Å². The Morgan fingerprint density at radius 1 is 1.05 bits per heavy atom. The largest absolute Gasteiger partial charge is 0.458 e. The lowest BCUT2D eigenvalue weighted by Gasteiger charge is -2.50. The van der Waals surface area contributed by atoms with Crippen molar-refractivity contribution in [1.29, 1.82) is 0 Å². The van der Waals surface area contributed by atoms with Crippen molar-refractivity contribution in [2.75, 3.05) is 19.7 Å². The molecule has 4 aliphatic heterocycles. The lowest BCUT2D eigenvalue weighted by atomic mass is 9.62. The predicted octanol–water partition coefficient (Wildman–Crippen LogP) is 1.47. The van der Waals surface area contributed by atoms with Crippen LogP contribution in [0.25, 0.3) is 0 Å². The molecule has 2 aliphatic carbocycles. The third kappa shape index (κ3) is 4.28. The van der Waals surface area contributed by atoms with Gasteiger partial charge < -0.3 is 29.5 Å². The molecule has 2 amide bonds. The van der Waals surface area contributed by atoms with Gasteiger partial charge in [0.2, 0.25) is 11.8 Å². The number of likely N-dealkylation sites (tertiary alicyclic amines) is 1. The molecule has 4 saturated heterocycles. The minimum absolute atomic E-state index is 0.105. The van der Waals surface area contributed by atoms with E-state index in [1.165, 1.54) is 0 Å². The maximum atomic E-state index is 15.0. The average molecular weight is 716 g/mol. The van der Waals surface area contributed by atoms with Crippen molar-refractivity contribution in [3.8, 4) is 0 Å². The Hall–Kier alpha value is -2.62. The second-order valence-corrected chi connectivity index (χ2v) is 13.8. The number of halogens is 1. The lowest BCUT2D eigenvalue weighted by molar-refractivity contribution is -0.218. The number of amides is 2. The number of hydroxylamine groups is 2. The Kier molecular flexibility index (Phi) is 7.03. The molecular weight excluding hydrogens is 681 g/mol. The third-order valence-corrected chi connectivity index (χ3v) is 11.3. The van der Waals surface area contributed by atoms with E-state index in [1.54, 1.807) is 9.96 Å². The Bertz CT molecular complexity index is 1500. The highest BCUT2D eigenvalue weighted by molar-refractivity contribution is 14.1. The Balaban J connectivity index is 1.18. The summed E-state index contributed by atoms with van der Waals surface area (Å²) in [4.78, 5) is 50.4. The summed E-state index contributed by atoms with van der Waals surface area (Å²) in [6.07, 6.45) is -0.296. The Morgan fingerprint density at radius 2 is 1.77 bits per heavy atom. The molecule has 2 bridgehead atoms. The van der Waals surface area contributed by atoms with Crippen molar-refractivity contribution in [1.82, 2.24) is 15.3 Å². The van der Waals surface area contributed by atoms with Crippen LogP contribution in [0.5, 0.6) is 0 Å². The molecule has 44 heavy (non-hydrogen) atoms. The van der Waals surface area contributed by atoms with Gasteiger partial charge in [-0.15, -0.1) is 0 Å². The van der Waals surface area contributed by atoms with Gasteiger partial charge in [-0.2, -0.15) is 5.06 Å². The van der Waals surface area contributed by atoms with Crippen LogP contribution in [0.2, 0.25) is 0 Å². The number of nitrogens with one attached hydrogen (secondary N) is 1. The molecule has 4 heterocycles. The van der Waals surface area contributed by atoms with Crippen LogP contribution in [-0.2, 0) is 52.8 Å². The molecule has 2 aromatic rings. The number of benzene rings is 2. The quantitative estimate of drug-likeness (QED) is 0.338. The van der Waals surface area contributed by atoms with E-state index in [2.05, 4.69) is 40.0 Å². The molecule has 12 heteroatoms. The molecule has 0 aromatic heterocycles. The van der Waals surface area contributed by atoms with Gasteiger partial charge in [0.1, 0.15) is 35.9 Å². The monoisotopic (exact) mass is 715 g/mol. The van der Waals surface area contributed by atoms with Gasteiger partial charge in [0.25, 0.3) is 0 Å². The number of hydrogen-bond acceptors (Lipinski definition) is 9. The number of ether oxygens (including phenoxy) is 3. The van der Waals surface area contributed by atoms with Gasteiger partial charge in [0, 0.05) is 35.9 Å². The van der Waals surface area contributed by atoms with Gasteiger partial charge in [0.05, 0.1) is 13.2 Å². The standard InChI is InChI=1S/C32H34IN3O8/c33-21-9-4-3-8-20(21)17-36-26-29(39)41-23-16-32(26,30(40)35-12-5-10-22(35)28(38)34-11-13-37)27(44-36)25-24(23)42-31(43-25)14-18-6-1-2-7-19(18)15-31/h1-4,6-9,22-27,37H,5,10-17H2,(H,34,38)/t22-,23-,24+,25+,26+,27-,32+/m1/s1. The average Bonchev–Trinajstić information content (AvgIpc) is 3.80. The summed E-state index contributed by atoms with van der Waals surface area (Å²) in [7, 11) is 0. The first kappa shape index (κ1) is 28.8. The highest BCUT2D eigenvalue weighted by Crippen LogP contribution is 2.59. The SMILES string of the molecule is O=C(NCCO)[C@H]1CCCN1C(=O)[C@@]12C[C@H]3OC(=O)[C@@H]1N(Cc1ccccc1I)O[C@@H]2[C@H]1OC2(Cc4ccccc4C2)O[C@H]13. The van der Waals surface area contributed by atoms with E-state index in [1.807, 2.05) is 36.4 Å². The molecule has 1 saturated carbocycles. The lowest BCUT2D eigenvalue weighted by Crippen LogP contribution is -2.70. The first-order valence-corrected chi connectivity index (χ1v) is 16.4. The van der Waals surface area contributed by atoms with Crippen LogP contribution >= 0.6 is 22.6 Å². The molecule has 232 valence electrons. The summed E-state index contributed by atoms with van der Waals surface area (Å²) in [6.45, 7) is 0.567. The van der Waals surface area contributed by atoms with Crippen LogP contribution in [0.15, 0.2) is 48.5 Å². The predicted molar refractivity (Wildman–Crippen MR) is 161 cm³/mol. The first-order valence-electron chi connectivity index (χ1n) is 15.3. The summed E-state index contributed by atoms with van der Waals surface area (Å²) < 4.78 is 20.6. The molecular formula is C32H34IN3O8. The summed E-state index contributed by atoms with van der Waals surface area (Å²) in [5, 5.41) is 13.6. The summed E-state index contributed by atoms with van der Waals surface area (Å²) in [6, 6.07) is 14.3. The highest BCUT2D eigenvalue weighted by atomic mass is 127. The van der Waals surface area contributed by atoms with Gasteiger partial charge >= 0.3 is 5.97 Å². The van der Waals surface area contributed by atoms with E-state index in [0.717, 1.165) is 20.3 Å². The molecule has 7 atom stereocenters. The molecule has 1 spiro atoms. The smallest absolute Gasteiger partial charge is 0.327 e. The topological polar surface area (TPSA) is 127 Å². The van der Waals surface area contributed by atoms with Gasteiger partial charge in [-0.25, -0.2) is 0 Å². The van der Waals surface area contributed by atoms with Crippen molar-refractivity contribution in [3.05, 3.63) is 68.8 Å². The summed E-state index contributed by atoms with van der Waals surface area (Å²) >= 11 is 2.26. The molecule has 5 fully saturated rings. The maximum Gasteiger partial charge on any atom is 0.327 e. The molecule has 0 radical (unpaired) electrons.